The minimum absolute atomic E-state index is 0.149. The number of nitrogens with zero attached hydrogens (tertiary/aromatic N) is 1. The van der Waals surface area contributed by atoms with Gasteiger partial charge in [-0.3, -0.25) is 14.6 Å². The zero-order chi connectivity index (χ0) is 20.6. The Morgan fingerprint density at radius 3 is 2.45 bits per heavy atom. The number of hydrogen-bond acceptors (Lipinski definition) is 5. The second-order valence-electron chi connectivity index (χ2n) is 7.08. The highest BCUT2D eigenvalue weighted by Crippen LogP contribution is 2.19. The van der Waals surface area contributed by atoms with Crippen LogP contribution in [0, 0.1) is 0 Å². The smallest absolute Gasteiger partial charge is 0.339 e. The summed E-state index contributed by atoms with van der Waals surface area (Å²) in [7, 11) is 1.28. The van der Waals surface area contributed by atoms with Gasteiger partial charge in [-0.15, -0.1) is 0 Å². The number of pyridine rings is 1. The molecule has 0 atom stereocenters. The molecule has 0 aliphatic heterocycles. The lowest BCUT2D eigenvalue weighted by Gasteiger charge is -2.16. The minimum Gasteiger partial charge on any atom is -0.465 e. The average molecular weight is 395 g/mol. The number of ether oxygens (including phenoxy) is 1. The topological polar surface area (TPSA) is 97.4 Å². The molecule has 0 saturated heterocycles. The minimum atomic E-state index is -0.543. The number of carbonyl (C=O) groups excluding carboxylic acids is 3. The number of nitrogens with one attached hydrogen (secondary N) is 2. The maximum absolute atomic E-state index is 12.7. The monoisotopic (exact) mass is 395 g/mol. The van der Waals surface area contributed by atoms with Crippen LogP contribution in [0.3, 0.4) is 0 Å². The maximum atomic E-state index is 12.7. The lowest BCUT2D eigenvalue weighted by molar-refractivity contribution is 0.0601. The standard InChI is InChI=1S/C22H25N3O4/c1-29-22(28)17-10-6-7-11-18(17)25-20(26)15-12-13-23-19(14-15)21(27)24-16-8-4-2-3-5-9-16/h6-7,10-14,16H,2-5,8-9H2,1H3,(H,24,27)(H,25,26). The van der Waals surface area contributed by atoms with Crippen molar-refractivity contribution in [2.45, 2.75) is 44.6 Å². The van der Waals surface area contributed by atoms with Crippen LogP contribution in [0.4, 0.5) is 5.69 Å². The Hall–Kier alpha value is -3.22. The molecule has 2 amide bonds. The van der Waals surface area contributed by atoms with Crippen LogP contribution in [0.5, 0.6) is 0 Å². The number of esters is 1. The first-order valence-corrected chi connectivity index (χ1v) is 9.84. The van der Waals surface area contributed by atoms with E-state index < -0.39 is 11.9 Å². The third kappa shape index (κ3) is 5.40. The molecule has 152 valence electrons. The second kappa shape index (κ2) is 9.82. The summed E-state index contributed by atoms with van der Waals surface area (Å²) >= 11 is 0. The van der Waals surface area contributed by atoms with Crippen LogP contribution >= 0.6 is 0 Å². The first-order valence-electron chi connectivity index (χ1n) is 9.84. The molecular weight excluding hydrogens is 370 g/mol. The van der Waals surface area contributed by atoms with Gasteiger partial charge >= 0.3 is 5.97 Å². The summed E-state index contributed by atoms with van der Waals surface area (Å²) in [5.74, 6) is -1.26. The van der Waals surface area contributed by atoms with Crippen molar-refractivity contribution in [1.29, 1.82) is 0 Å². The van der Waals surface area contributed by atoms with E-state index in [1.807, 2.05) is 0 Å². The van der Waals surface area contributed by atoms with Crippen LogP contribution in [0.15, 0.2) is 42.6 Å². The second-order valence-corrected chi connectivity index (χ2v) is 7.08. The van der Waals surface area contributed by atoms with Crippen molar-refractivity contribution in [3.8, 4) is 0 Å². The first kappa shape index (κ1) is 20.5. The van der Waals surface area contributed by atoms with Gasteiger partial charge in [0.15, 0.2) is 0 Å². The largest absolute Gasteiger partial charge is 0.465 e. The number of benzene rings is 1. The molecule has 0 spiro atoms. The van der Waals surface area contributed by atoms with Crippen molar-refractivity contribution in [2.24, 2.45) is 0 Å². The number of hydrogen-bond donors (Lipinski definition) is 2. The molecule has 1 aromatic carbocycles. The third-order valence-corrected chi connectivity index (χ3v) is 5.03. The maximum Gasteiger partial charge on any atom is 0.339 e. The highest BCUT2D eigenvalue weighted by molar-refractivity contribution is 6.08. The Labute approximate surface area is 169 Å². The third-order valence-electron chi connectivity index (χ3n) is 5.03. The fourth-order valence-corrected chi connectivity index (χ4v) is 3.45. The van der Waals surface area contributed by atoms with Crippen LogP contribution in [-0.4, -0.2) is 35.9 Å². The number of aromatic nitrogens is 1. The molecule has 7 heteroatoms. The summed E-state index contributed by atoms with van der Waals surface area (Å²) in [6, 6.07) is 9.71. The molecule has 29 heavy (non-hydrogen) atoms. The van der Waals surface area contributed by atoms with Gasteiger partial charge in [-0.1, -0.05) is 37.8 Å². The molecule has 0 bridgehead atoms. The molecule has 1 fully saturated rings. The molecule has 0 unspecified atom stereocenters. The molecule has 1 heterocycles. The predicted molar refractivity (Wildman–Crippen MR) is 109 cm³/mol. The molecule has 1 aliphatic carbocycles. The Kier molecular flexibility index (Phi) is 6.94. The van der Waals surface area contributed by atoms with E-state index in [1.165, 1.54) is 38.3 Å². The highest BCUT2D eigenvalue weighted by Gasteiger charge is 2.19. The van der Waals surface area contributed by atoms with E-state index in [4.69, 9.17) is 4.74 Å². The lowest BCUT2D eigenvalue weighted by Crippen LogP contribution is -2.35. The van der Waals surface area contributed by atoms with Crippen LogP contribution < -0.4 is 10.6 Å². The molecule has 1 aromatic heterocycles. The van der Waals surface area contributed by atoms with E-state index in [2.05, 4.69) is 15.6 Å². The number of methoxy groups -OCH3 is 1. The average Bonchev–Trinajstić information content (AvgIpc) is 3.02. The Morgan fingerprint density at radius 1 is 1.00 bits per heavy atom. The van der Waals surface area contributed by atoms with Crippen molar-refractivity contribution < 1.29 is 19.1 Å². The predicted octanol–water partition coefficient (Wildman–Crippen LogP) is 3.57. The van der Waals surface area contributed by atoms with E-state index in [0.717, 1.165) is 25.7 Å². The van der Waals surface area contributed by atoms with Gasteiger partial charge in [0.25, 0.3) is 11.8 Å². The van der Waals surface area contributed by atoms with Crippen molar-refractivity contribution in [1.82, 2.24) is 10.3 Å². The summed E-state index contributed by atoms with van der Waals surface area (Å²) in [6.07, 6.45) is 8.00. The molecule has 7 nitrogen and oxygen atoms in total. The first-order chi connectivity index (χ1) is 14.1. The molecule has 1 saturated carbocycles. The van der Waals surface area contributed by atoms with Crippen LogP contribution in [0.25, 0.3) is 0 Å². The molecule has 2 aromatic rings. The van der Waals surface area contributed by atoms with Gasteiger partial charge in [-0.05, 0) is 37.1 Å². The number of para-hydroxylation sites is 1. The zero-order valence-electron chi connectivity index (χ0n) is 16.4. The number of rotatable bonds is 5. The zero-order valence-corrected chi connectivity index (χ0v) is 16.4. The van der Waals surface area contributed by atoms with Gasteiger partial charge in [-0.25, -0.2) is 4.79 Å². The van der Waals surface area contributed by atoms with Crippen LogP contribution in [0.2, 0.25) is 0 Å². The van der Waals surface area contributed by atoms with Gasteiger partial charge in [0.1, 0.15) is 5.69 Å². The van der Waals surface area contributed by atoms with E-state index in [-0.39, 0.29) is 28.8 Å². The lowest BCUT2D eigenvalue weighted by atomic mass is 10.1. The van der Waals surface area contributed by atoms with E-state index in [9.17, 15) is 14.4 Å². The molecule has 3 rings (SSSR count). The van der Waals surface area contributed by atoms with Crippen molar-refractivity contribution >= 4 is 23.5 Å². The summed E-state index contributed by atoms with van der Waals surface area (Å²) < 4.78 is 4.74. The Morgan fingerprint density at radius 2 is 1.72 bits per heavy atom. The number of anilines is 1. The Bertz CT molecular complexity index is 889. The van der Waals surface area contributed by atoms with Crippen LogP contribution in [0.1, 0.15) is 69.7 Å². The van der Waals surface area contributed by atoms with Gasteiger partial charge < -0.3 is 15.4 Å². The highest BCUT2D eigenvalue weighted by atomic mass is 16.5. The molecule has 1 aliphatic rings. The van der Waals surface area contributed by atoms with E-state index >= 15 is 0 Å². The number of amides is 2. The fourth-order valence-electron chi connectivity index (χ4n) is 3.45. The summed E-state index contributed by atoms with van der Waals surface area (Å²) in [5.41, 5.74) is 1.07. The quantitative estimate of drug-likeness (QED) is 0.596. The van der Waals surface area contributed by atoms with Crippen molar-refractivity contribution in [3.05, 3.63) is 59.4 Å². The van der Waals surface area contributed by atoms with Gasteiger partial charge in [0.2, 0.25) is 0 Å². The van der Waals surface area contributed by atoms with Crippen LogP contribution in [-0.2, 0) is 4.74 Å². The molecule has 0 radical (unpaired) electrons. The van der Waals surface area contributed by atoms with Crippen molar-refractivity contribution in [2.75, 3.05) is 12.4 Å². The van der Waals surface area contributed by atoms with Gasteiger partial charge in [0.05, 0.1) is 18.4 Å². The van der Waals surface area contributed by atoms with Gasteiger partial charge in [0, 0.05) is 17.8 Å². The molecular formula is C22H25N3O4. The molecule has 2 N–H and O–H groups in total. The van der Waals surface area contributed by atoms with E-state index in [0.29, 0.717) is 5.69 Å². The summed E-state index contributed by atoms with van der Waals surface area (Å²) in [4.78, 5) is 41.2. The van der Waals surface area contributed by atoms with Gasteiger partial charge in [-0.2, -0.15) is 0 Å². The fraction of sp³-hybridized carbons (Fsp3) is 0.364. The number of carbonyl (C=O) groups is 3. The van der Waals surface area contributed by atoms with Crippen molar-refractivity contribution in [3.63, 3.8) is 0 Å². The summed E-state index contributed by atoms with van der Waals surface area (Å²) in [5, 5.41) is 5.73. The normalized spacial score (nSPS) is 14.5. The van der Waals surface area contributed by atoms with E-state index in [1.54, 1.807) is 24.3 Å². The Balaban J connectivity index is 1.71. The SMILES string of the molecule is COC(=O)c1ccccc1NC(=O)c1ccnc(C(=O)NC2CCCCCC2)c1. The summed E-state index contributed by atoms with van der Waals surface area (Å²) in [6.45, 7) is 0.